The van der Waals surface area contributed by atoms with Gasteiger partial charge in [0.25, 0.3) is 0 Å². The Morgan fingerprint density at radius 1 is 1.10 bits per heavy atom. The van der Waals surface area contributed by atoms with Crippen molar-refractivity contribution >= 4 is 11.9 Å². The van der Waals surface area contributed by atoms with E-state index in [0.717, 1.165) is 24.4 Å². The summed E-state index contributed by atoms with van der Waals surface area (Å²) >= 11 is 0. The smallest absolute Gasteiger partial charge is 0.318 e. The Labute approximate surface area is 173 Å². The Hall–Kier alpha value is -2.76. The molecule has 29 heavy (non-hydrogen) atoms. The first-order valence-corrected chi connectivity index (χ1v) is 10.4. The maximum Gasteiger partial charge on any atom is 0.318 e. The molecule has 1 aromatic carbocycles. The van der Waals surface area contributed by atoms with Crippen molar-refractivity contribution in [1.82, 2.24) is 15.1 Å². The number of aryl methyl sites for hydroxylation is 1. The van der Waals surface area contributed by atoms with E-state index in [2.05, 4.69) is 17.4 Å². The summed E-state index contributed by atoms with van der Waals surface area (Å²) in [4.78, 5) is 29.0. The Bertz CT molecular complexity index is 773. The SMILES string of the molecule is CCNC(=O)N(CC(=O)N(CCc1ccccc1)Cc1ccc(C)o1)C(C)CC. The molecule has 6 heteroatoms. The number of nitrogens with zero attached hydrogens (tertiary/aromatic N) is 2. The van der Waals surface area contributed by atoms with Crippen molar-refractivity contribution in [3.63, 3.8) is 0 Å². The van der Waals surface area contributed by atoms with Crippen LogP contribution in [0.4, 0.5) is 4.79 Å². The van der Waals surface area contributed by atoms with Crippen LogP contribution in [0.1, 0.15) is 44.3 Å². The Balaban J connectivity index is 2.13. The highest BCUT2D eigenvalue weighted by Gasteiger charge is 2.25. The number of rotatable bonds is 10. The molecule has 0 aliphatic rings. The fourth-order valence-electron chi connectivity index (χ4n) is 3.11. The number of carbonyl (C=O) groups excluding carboxylic acids is 2. The molecule has 158 valence electrons. The molecule has 1 N–H and O–H groups in total. The van der Waals surface area contributed by atoms with Gasteiger partial charge >= 0.3 is 6.03 Å². The molecule has 0 aliphatic heterocycles. The average Bonchev–Trinajstić information content (AvgIpc) is 3.14. The van der Waals surface area contributed by atoms with Crippen molar-refractivity contribution in [2.75, 3.05) is 19.6 Å². The van der Waals surface area contributed by atoms with Crippen molar-refractivity contribution in [2.24, 2.45) is 0 Å². The van der Waals surface area contributed by atoms with Crippen LogP contribution in [0.5, 0.6) is 0 Å². The molecule has 1 aromatic heterocycles. The average molecular weight is 400 g/mol. The predicted octanol–water partition coefficient (Wildman–Crippen LogP) is 3.99. The topological polar surface area (TPSA) is 65.8 Å². The van der Waals surface area contributed by atoms with Gasteiger partial charge < -0.3 is 19.5 Å². The number of nitrogens with one attached hydrogen (secondary N) is 1. The highest BCUT2D eigenvalue weighted by atomic mass is 16.3. The van der Waals surface area contributed by atoms with E-state index in [0.29, 0.717) is 19.6 Å². The van der Waals surface area contributed by atoms with Gasteiger partial charge in [0, 0.05) is 19.1 Å². The second-order valence-electron chi connectivity index (χ2n) is 7.28. The third-order valence-corrected chi connectivity index (χ3v) is 5.03. The molecule has 1 atom stereocenters. The highest BCUT2D eigenvalue weighted by Crippen LogP contribution is 2.13. The fraction of sp³-hybridized carbons (Fsp3) is 0.478. The maximum atomic E-state index is 13.2. The van der Waals surface area contributed by atoms with Gasteiger partial charge in [0.2, 0.25) is 5.91 Å². The summed E-state index contributed by atoms with van der Waals surface area (Å²) in [5, 5.41) is 2.81. The first-order chi connectivity index (χ1) is 13.9. The van der Waals surface area contributed by atoms with Gasteiger partial charge in [-0.3, -0.25) is 4.79 Å². The molecule has 0 radical (unpaired) electrons. The minimum absolute atomic E-state index is 0.0210. The molecule has 0 saturated carbocycles. The van der Waals surface area contributed by atoms with Gasteiger partial charge in [0.05, 0.1) is 6.54 Å². The Kier molecular flexibility index (Phi) is 8.77. The number of hydrogen-bond acceptors (Lipinski definition) is 3. The number of hydrogen-bond donors (Lipinski definition) is 1. The number of amides is 3. The summed E-state index contributed by atoms with van der Waals surface area (Å²) in [7, 11) is 0. The quantitative estimate of drug-likeness (QED) is 0.657. The molecule has 2 aromatic rings. The highest BCUT2D eigenvalue weighted by molar-refractivity contribution is 5.84. The lowest BCUT2D eigenvalue weighted by Gasteiger charge is -2.31. The van der Waals surface area contributed by atoms with Crippen LogP contribution >= 0.6 is 0 Å². The van der Waals surface area contributed by atoms with Crippen LogP contribution in [0.15, 0.2) is 46.9 Å². The fourth-order valence-corrected chi connectivity index (χ4v) is 3.11. The summed E-state index contributed by atoms with van der Waals surface area (Å²) in [6.07, 6.45) is 1.53. The van der Waals surface area contributed by atoms with Crippen LogP contribution in [0.2, 0.25) is 0 Å². The van der Waals surface area contributed by atoms with E-state index in [1.165, 1.54) is 5.56 Å². The number of furan rings is 1. The summed E-state index contributed by atoms with van der Waals surface area (Å²) in [6.45, 7) is 9.28. The third-order valence-electron chi connectivity index (χ3n) is 5.03. The van der Waals surface area contributed by atoms with Gasteiger partial charge in [-0.15, -0.1) is 0 Å². The van der Waals surface area contributed by atoms with E-state index in [1.54, 1.807) is 9.80 Å². The van der Waals surface area contributed by atoms with E-state index in [-0.39, 0.29) is 24.5 Å². The summed E-state index contributed by atoms with van der Waals surface area (Å²) in [6, 6.07) is 13.7. The summed E-state index contributed by atoms with van der Waals surface area (Å²) in [5.41, 5.74) is 1.17. The van der Waals surface area contributed by atoms with Crippen LogP contribution in [0.25, 0.3) is 0 Å². The molecular formula is C23H33N3O3. The first-order valence-electron chi connectivity index (χ1n) is 10.4. The van der Waals surface area contributed by atoms with Crippen LogP contribution < -0.4 is 5.32 Å². The van der Waals surface area contributed by atoms with Crippen molar-refractivity contribution in [3.8, 4) is 0 Å². The molecule has 0 saturated heterocycles. The molecule has 3 amide bonds. The van der Waals surface area contributed by atoms with E-state index in [1.807, 2.05) is 58.0 Å². The van der Waals surface area contributed by atoms with Gasteiger partial charge in [0.15, 0.2) is 0 Å². The van der Waals surface area contributed by atoms with Crippen molar-refractivity contribution in [1.29, 1.82) is 0 Å². The molecule has 1 heterocycles. The van der Waals surface area contributed by atoms with E-state index >= 15 is 0 Å². The number of carbonyl (C=O) groups is 2. The number of benzene rings is 1. The minimum Gasteiger partial charge on any atom is -0.464 e. The lowest BCUT2D eigenvalue weighted by atomic mass is 10.1. The molecular weight excluding hydrogens is 366 g/mol. The van der Waals surface area contributed by atoms with Crippen LogP contribution in [0, 0.1) is 6.92 Å². The summed E-state index contributed by atoms with van der Waals surface area (Å²) < 4.78 is 5.69. The molecule has 0 fully saturated rings. The molecule has 6 nitrogen and oxygen atoms in total. The summed E-state index contributed by atoms with van der Waals surface area (Å²) in [5.74, 6) is 1.48. The lowest BCUT2D eigenvalue weighted by Crippen LogP contribution is -2.50. The van der Waals surface area contributed by atoms with Crippen molar-refractivity contribution < 1.29 is 14.0 Å². The van der Waals surface area contributed by atoms with E-state index < -0.39 is 0 Å². The molecule has 0 aliphatic carbocycles. The van der Waals surface area contributed by atoms with Gasteiger partial charge in [0.1, 0.15) is 18.1 Å². The molecule has 2 rings (SSSR count). The van der Waals surface area contributed by atoms with Crippen molar-refractivity contribution in [3.05, 3.63) is 59.5 Å². The maximum absolute atomic E-state index is 13.2. The molecule has 1 unspecified atom stereocenters. The first kappa shape index (κ1) is 22.5. The van der Waals surface area contributed by atoms with Gasteiger partial charge in [-0.2, -0.15) is 0 Å². The third kappa shape index (κ3) is 6.97. The standard InChI is InChI=1S/C23H33N3O3/c1-5-18(3)26(23(28)24-6-2)17-22(27)25(16-21-13-12-19(4)29-21)15-14-20-10-8-7-9-11-20/h7-13,18H,5-6,14-17H2,1-4H3,(H,24,28). The largest absolute Gasteiger partial charge is 0.464 e. The van der Waals surface area contributed by atoms with Crippen LogP contribution in [-0.2, 0) is 17.8 Å². The van der Waals surface area contributed by atoms with E-state index in [4.69, 9.17) is 4.42 Å². The van der Waals surface area contributed by atoms with E-state index in [9.17, 15) is 9.59 Å². The van der Waals surface area contributed by atoms with Gasteiger partial charge in [-0.1, -0.05) is 37.3 Å². The van der Waals surface area contributed by atoms with Gasteiger partial charge in [-0.05, 0) is 51.3 Å². The minimum atomic E-state index is -0.202. The lowest BCUT2D eigenvalue weighted by molar-refractivity contribution is -0.133. The normalized spacial score (nSPS) is 11.7. The monoisotopic (exact) mass is 399 g/mol. The number of urea groups is 1. The Morgan fingerprint density at radius 3 is 2.41 bits per heavy atom. The second kappa shape index (κ2) is 11.3. The Morgan fingerprint density at radius 2 is 1.83 bits per heavy atom. The predicted molar refractivity (Wildman–Crippen MR) is 115 cm³/mol. The van der Waals surface area contributed by atoms with Crippen molar-refractivity contribution in [2.45, 2.75) is 53.1 Å². The zero-order valence-corrected chi connectivity index (χ0v) is 18.0. The van der Waals surface area contributed by atoms with Crippen LogP contribution in [-0.4, -0.2) is 47.4 Å². The van der Waals surface area contributed by atoms with Gasteiger partial charge in [-0.25, -0.2) is 4.79 Å². The zero-order chi connectivity index (χ0) is 21.2. The molecule has 0 spiro atoms. The van der Waals surface area contributed by atoms with Crippen LogP contribution in [0.3, 0.4) is 0 Å². The molecule has 0 bridgehead atoms. The second-order valence-corrected chi connectivity index (χ2v) is 7.28. The zero-order valence-electron chi connectivity index (χ0n) is 18.0.